The maximum atomic E-state index is 13.4. The number of aryl methyl sites for hydroxylation is 2. The van der Waals surface area contributed by atoms with Crippen LogP contribution >= 0.6 is 0 Å². The molecule has 0 saturated carbocycles. The monoisotopic (exact) mass is 449 g/mol. The second-order valence-electron chi connectivity index (χ2n) is 8.63. The molecule has 1 atom stereocenters. The van der Waals surface area contributed by atoms with Crippen LogP contribution in [0.3, 0.4) is 0 Å². The number of hydrogen-bond donors (Lipinski definition) is 0. The van der Waals surface area contributed by atoms with Crippen molar-refractivity contribution in [2.45, 2.75) is 46.6 Å². The summed E-state index contributed by atoms with van der Waals surface area (Å²) in [6.07, 6.45) is 1.62. The van der Waals surface area contributed by atoms with E-state index in [1.165, 1.54) is 17.4 Å². The van der Waals surface area contributed by atoms with Gasteiger partial charge in [0.2, 0.25) is 11.9 Å². The van der Waals surface area contributed by atoms with Crippen LogP contribution in [-0.2, 0) is 16.0 Å². The van der Waals surface area contributed by atoms with Crippen molar-refractivity contribution in [1.29, 1.82) is 0 Å². The highest BCUT2D eigenvalue weighted by atomic mass is 16.2. The first-order chi connectivity index (χ1) is 15.7. The maximum Gasteiger partial charge on any atom is 0.421 e. The molecule has 0 spiro atoms. The number of benzene rings is 1. The van der Waals surface area contributed by atoms with Gasteiger partial charge >= 0.3 is 12.0 Å². The van der Waals surface area contributed by atoms with E-state index in [0.29, 0.717) is 18.3 Å². The summed E-state index contributed by atoms with van der Waals surface area (Å²) >= 11 is 0. The molecule has 3 amide bonds. The number of Topliss-reactive ketones (excluding diaryl/α,β-unsaturated/α-hetero) is 1. The smallest absolute Gasteiger partial charge is 0.298 e. The Balaban J connectivity index is 1.74. The van der Waals surface area contributed by atoms with Gasteiger partial charge in [-0.1, -0.05) is 35.3 Å². The number of amides is 3. The van der Waals surface area contributed by atoms with Gasteiger partial charge in [0.1, 0.15) is 11.5 Å². The number of aliphatic imine (C=N–C) groups is 1. The van der Waals surface area contributed by atoms with Crippen LogP contribution in [0.2, 0.25) is 0 Å². The third-order valence-corrected chi connectivity index (χ3v) is 6.32. The standard InChI is InChI=1S/C24H29N6O3/c1-15(31)14-29-22(32)20-21(27(5)24(29)33)25-23(30-18(4)16(2)17(3)26-30)28(20)13-9-12-19-10-7-6-8-11-19/h6-8,10-11,20H,9,12-14H2,1-5H3/q+1. The summed E-state index contributed by atoms with van der Waals surface area (Å²) in [6, 6.07) is 8.84. The van der Waals surface area contributed by atoms with Crippen LogP contribution in [0.15, 0.2) is 35.3 Å². The van der Waals surface area contributed by atoms with Gasteiger partial charge in [-0.25, -0.2) is 9.37 Å². The molecule has 1 aromatic heterocycles. The van der Waals surface area contributed by atoms with Crippen LogP contribution in [0, 0.1) is 20.8 Å². The normalized spacial score (nSPS) is 18.2. The lowest BCUT2D eigenvalue weighted by Crippen LogP contribution is -2.63. The van der Waals surface area contributed by atoms with Crippen molar-refractivity contribution < 1.29 is 19.0 Å². The van der Waals surface area contributed by atoms with Crippen molar-refractivity contribution in [2.24, 2.45) is 4.99 Å². The third-order valence-electron chi connectivity index (χ3n) is 6.32. The largest absolute Gasteiger partial charge is 0.421 e. The molecule has 33 heavy (non-hydrogen) atoms. The van der Waals surface area contributed by atoms with Gasteiger partial charge in [-0.05, 0) is 46.1 Å². The number of fused-ring (bicyclic) bond motifs is 1. The fourth-order valence-corrected chi connectivity index (χ4v) is 4.29. The summed E-state index contributed by atoms with van der Waals surface area (Å²) in [4.78, 5) is 45.1. The number of urea groups is 1. The van der Waals surface area contributed by atoms with Gasteiger partial charge in [-0.15, -0.1) is 9.78 Å². The van der Waals surface area contributed by atoms with Crippen LogP contribution in [0.4, 0.5) is 4.79 Å². The summed E-state index contributed by atoms with van der Waals surface area (Å²) in [6.45, 7) is 7.56. The minimum Gasteiger partial charge on any atom is -0.298 e. The summed E-state index contributed by atoms with van der Waals surface area (Å²) < 4.78 is 3.66. The van der Waals surface area contributed by atoms with Crippen molar-refractivity contribution in [1.82, 2.24) is 19.6 Å². The molecule has 0 radical (unpaired) electrons. The average molecular weight is 450 g/mol. The highest BCUT2D eigenvalue weighted by Crippen LogP contribution is 2.22. The molecule has 3 heterocycles. The molecule has 0 N–H and O–H groups in total. The first kappa shape index (κ1) is 22.6. The highest BCUT2D eigenvalue weighted by molar-refractivity contribution is 6.23. The van der Waals surface area contributed by atoms with Crippen molar-refractivity contribution in [2.75, 3.05) is 20.1 Å². The zero-order valence-electron chi connectivity index (χ0n) is 19.7. The number of ketones is 1. The number of rotatable bonds is 6. The van der Waals surface area contributed by atoms with E-state index in [0.717, 1.165) is 34.7 Å². The van der Waals surface area contributed by atoms with Crippen molar-refractivity contribution in [3.63, 3.8) is 0 Å². The SMILES string of the molecule is CC(=O)CN1C(=O)C2C(=NC(n3nc(C)c(C)c3C)=[N+]2CCCc2ccccc2)N(C)C1=O. The van der Waals surface area contributed by atoms with Crippen LogP contribution in [-0.4, -0.2) is 79.9 Å². The second-order valence-corrected chi connectivity index (χ2v) is 8.63. The molecular weight excluding hydrogens is 420 g/mol. The zero-order valence-corrected chi connectivity index (χ0v) is 19.7. The van der Waals surface area contributed by atoms with Crippen molar-refractivity contribution in [3.05, 3.63) is 52.8 Å². The van der Waals surface area contributed by atoms with Crippen LogP contribution in [0.25, 0.3) is 0 Å². The summed E-state index contributed by atoms with van der Waals surface area (Å²) in [5, 5.41) is 4.65. The van der Waals surface area contributed by atoms with E-state index < -0.39 is 18.0 Å². The summed E-state index contributed by atoms with van der Waals surface area (Å²) in [5.41, 5.74) is 4.08. The Morgan fingerprint density at radius 3 is 2.42 bits per heavy atom. The quantitative estimate of drug-likeness (QED) is 0.630. The molecule has 1 unspecified atom stereocenters. The van der Waals surface area contributed by atoms with Crippen LogP contribution in [0.5, 0.6) is 0 Å². The van der Waals surface area contributed by atoms with Gasteiger partial charge in [0.05, 0.1) is 18.8 Å². The number of imide groups is 1. The number of carbonyl (C=O) groups is 3. The van der Waals surface area contributed by atoms with Gasteiger partial charge < -0.3 is 0 Å². The lowest BCUT2D eigenvalue weighted by Gasteiger charge is -2.33. The van der Waals surface area contributed by atoms with Crippen molar-refractivity contribution in [3.8, 4) is 0 Å². The number of nitrogens with zero attached hydrogens (tertiary/aromatic N) is 6. The Labute approximate surface area is 193 Å². The predicted molar refractivity (Wildman–Crippen MR) is 124 cm³/mol. The number of carbonyl (C=O) groups excluding carboxylic acids is 3. The van der Waals surface area contributed by atoms with Gasteiger partial charge in [-0.3, -0.25) is 19.4 Å². The van der Waals surface area contributed by atoms with E-state index in [2.05, 4.69) is 17.2 Å². The lowest BCUT2D eigenvalue weighted by atomic mass is 10.1. The van der Waals surface area contributed by atoms with E-state index in [1.807, 2.05) is 43.5 Å². The molecule has 9 heteroatoms. The number of hydrogen-bond acceptors (Lipinski definition) is 5. The molecule has 172 valence electrons. The third kappa shape index (κ3) is 3.99. The zero-order chi connectivity index (χ0) is 23.9. The number of amidine groups is 1. The molecule has 0 bridgehead atoms. The van der Waals surface area contributed by atoms with Gasteiger partial charge in [0.25, 0.3) is 5.91 Å². The Morgan fingerprint density at radius 2 is 1.82 bits per heavy atom. The first-order valence-electron chi connectivity index (χ1n) is 11.1. The van der Waals surface area contributed by atoms with E-state index >= 15 is 0 Å². The lowest BCUT2D eigenvalue weighted by molar-refractivity contribution is -0.537. The average Bonchev–Trinajstić information content (AvgIpc) is 3.28. The second kappa shape index (κ2) is 8.73. The van der Waals surface area contributed by atoms with E-state index in [-0.39, 0.29) is 12.3 Å². The van der Waals surface area contributed by atoms with E-state index in [1.54, 1.807) is 11.7 Å². The van der Waals surface area contributed by atoms with E-state index in [4.69, 9.17) is 4.99 Å². The summed E-state index contributed by atoms with van der Waals surface area (Å²) in [5.74, 6) is 0.205. The Bertz CT molecular complexity index is 1190. The molecular formula is C24H29N6O3+. The van der Waals surface area contributed by atoms with Gasteiger partial charge in [0, 0.05) is 12.6 Å². The highest BCUT2D eigenvalue weighted by Gasteiger charge is 2.53. The summed E-state index contributed by atoms with van der Waals surface area (Å²) in [7, 11) is 1.59. The minimum absolute atomic E-state index is 0.252. The molecule has 9 nitrogen and oxygen atoms in total. The molecule has 2 aliphatic rings. The Kier molecular flexibility index (Phi) is 5.97. The molecule has 0 aliphatic carbocycles. The van der Waals surface area contributed by atoms with E-state index in [9.17, 15) is 14.4 Å². The molecule has 2 aromatic rings. The first-order valence-corrected chi connectivity index (χ1v) is 11.1. The van der Waals surface area contributed by atoms with Crippen LogP contribution < -0.4 is 0 Å². The molecule has 2 aliphatic heterocycles. The van der Waals surface area contributed by atoms with Crippen LogP contribution in [0.1, 0.15) is 35.9 Å². The topological polar surface area (TPSA) is 90.9 Å². The fourth-order valence-electron chi connectivity index (χ4n) is 4.29. The number of likely N-dealkylation sites (N-methyl/N-ethyl adjacent to an activating group) is 1. The van der Waals surface area contributed by atoms with Gasteiger partial charge in [0.15, 0.2) is 0 Å². The Hall–Kier alpha value is -3.62. The molecule has 1 aromatic carbocycles. The van der Waals surface area contributed by atoms with Crippen molar-refractivity contribution >= 4 is 29.5 Å². The fraction of sp³-hybridized carbons (Fsp3) is 0.417. The minimum atomic E-state index is -0.776. The Morgan fingerprint density at radius 1 is 1.12 bits per heavy atom. The number of aromatic nitrogens is 2. The molecule has 1 fully saturated rings. The molecule has 4 rings (SSSR count). The maximum absolute atomic E-state index is 13.4. The van der Waals surface area contributed by atoms with Gasteiger partial charge in [-0.2, -0.15) is 0 Å². The molecule has 1 saturated heterocycles. The predicted octanol–water partition coefficient (Wildman–Crippen LogP) is 1.92.